The van der Waals surface area contributed by atoms with Crippen LogP contribution in [0, 0.1) is 5.82 Å². The Morgan fingerprint density at radius 2 is 2.13 bits per heavy atom. The van der Waals surface area contributed by atoms with Crippen molar-refractivity contribution in [2.45, 2.75) is 0 Å². The lowest BCUT2D eigenvalue weighted by Crippen LogP contribution is -1.96. The van der Waals surface area contributed by atoms with E-state index in [0.717, 1.165) is 0 Å². The molecule has 0 heterocycles. The lowest BCUT2D eigenvalue weighted by atomic mass is 10.1. The second-order valence-electron chi connectivity index (χ2n) is 2.81. The standard InChI is InChI=1S/C11H8BrFO2/c1-7(14)2-5-11(15)9-4-3-8(13)6-10(9)12/h2-6,14H,1H2/b5-2+. The molecular weight excluding hydrogens is 263 g/mol. The van der Waals surface area contributed by atoms with E-state index in [1.807, 2.05) is 0 Å². The summed E-state index contributed by atoms with van der Waals surface area (Å²) in [5, 5.41) is 8.76. The first kappa shape index (κ1) is 11.7. The van der Waals surface area contributed by atoms with Gasteiger partial charge in [-0.3, -0.25) is 4.79 Å². The van der Waals surface area contributed by atoms with Crippen molar-refractivity contribution < 1.29 is 14.3 Å². The van der Waals surface area contributed by atoms with Crippen molar-refractivity contribution in [3.8, 4) is 0 Å². The zero-order valence-corrected chi connectivity index (χ0v) is 9.29. The van der Waals surface area contributed by atoms with Crippen molar-refractivity contribution in [2.24, 2.45) is 0 Å². The van der Waals surface area contributed by atoms with Crippen LogP contribution in [0.5, 0.6) is 0 Å². The number of ketones is 1. The van der Waals surface area contributed by atoms with Gasteiger partial charge in [-0.1, -0.05) is 6.58 Å². The monoisotopic (exact) mass is 270 g/mol. The average molecular weight is 271 g/mol. The third-order valence-corrected chi connectivity index (χ3v) is 2.28. The largest absolute Gasteiger partial charge is 0.509 e. The summed E-state index contributed by atoms with van der Waals surface area (Å²) < 4.78 is 13.1. The smallest absolute Gasteiger partial charge is 0.187 e. The molecule has 0 aliphatic heterocycles. The number of allylic oxidation sites excluding steroid dienone is 2. The molecular formula is C11H8BrFO2. The molecule has 0 aliphatic carbocycles. The highest BCUT2D eigenvalue weighted by atomic mass is 79.9. The predicted molar refractivity (Wildman–Crippen MR) is 59.3 cm³/mol. The maximum Gasteiger partial charge on any atom is 0.187 e. The van der Waals surface area contributed by atoms with Crippen LogP contribution < -0.4 is 0 Å². The highest BCUT2D eigenvalue weighted by molar-refractivity contribution is 9.10. The Hall–Kier alpha value is -1.42. The van der Waals surface area contributed by atoms with Crippen LogP contribution in [-0.4, -0.2) is 10.9 Å². The van der Waals surface area contributed by atoms with Gasteiger partial charge < -0.3 is 5.11 Å². The van der Waals surface area contributed by atoms with Gasteiger partial charge in [0.25, 0.3) is 0 Å². The van der Waals surface area contributed by atoms with Gasteiger partial charge in [0.2, 0.25) is 0 Å². The topological polar surface area (TPSA) is 37.3 Å². The van der Waals surface area contributed by atoms with Gasteiger partial charge in [0.05, 0.1) is 0 Å². The molecule has 15 heavy (non-hydrogen) atoms. The van der Waals surface area contributed by atoms with E-state index < -0.39 is 5.82 Å². The fourth-order valence-electron chi connectivity index (χ4n) is 0.951. The fourth-order valence-corrected chi connectivity index (χ4v) is 1.50. The van der Waals surface area contributed by atoms with Crippen molar-refractivity contribution in [1.29, 1.82) is 0 Å². The highest BCUT2D eigenvalue weighted by Crippen LogP contribution is 2.18. The van der Waals surface area contributed by atoms with Gasteiger partial charge in [0.15, 0.2) is 5.78 Å². The molecule has 0 saturated carbocycles. The van der Waals surface area contributed by atoms with Crippen LogP contribution in [0.1, 0.15) is 10.4 Å². The summed E-state index contributed by atoms with van der Waals surface area (Å²) in [6.07, 6.45) is 2.35. The average Bonchev–Trinajstić information content (AvgIpc) is 2.14. The number of hydrogen-bond donors (Lipinski definition) is 1. The van der Waals surface area contributed by atoms with Crippen LogP contribution in [0.2, 0.25) is 0 Å². The van der Waals surface area contributed by atoms with Crippen molar-refractivity contribution in [2.75, 3.05) is 0 Å². The minimum atomic E-state index is -0.422. The second kappa shape index (κ2) is 4.89. The van der Waals surface area contributed by atoms with E-state index >= 15 is 0 Å². The summed E-state index contributed by atoms with van der Waals surface area (Å²) in [5.41, 5.74) is 0.328. The van der Waals surface area contributed by atoms with E-state index in [2.05, 4.69) is 22.5 Å². The van der Waals surface area contributed by atoms with Crippen LogP contribution in [0.4, 0.5) is 4.39 Å². The summed E-state index contributed by atoms with van der Waals surface area (Å²) in [6.45, 7) is 3.20. The minimum absolute atomic E-state index is 0.207. The van der Waals surface area contributed by atoms with E-state index in [0.29, 0.717) is 10.0 Å². The summed E-state index contributed by atoms with van der Waals surface area (Å²) >= 11 is 3.08. The molecule has 0 fully saturated rings. The molecule has 1 N–H and O–H groups in total. The van der Waals surface area contributed by atoms with Crippen LogP contribution in [-0.2, 0) is 0 Å². The summed E-state index contributed by atoms with van der Waals surface area (Å²) in [6, 6.07) is 3.76. The first-order valence-electron chi connectivity index (χ1n) is 4.06. The van der Waals surface area contributed by atoms with E-state index in [9.17, 15) is 9.18 Å². The fraction of sp³-hybridized carbons (Fsp3) is 0. The third-order valence-electron chi connectivity index (χ3n) is 1.62. The molecule has 78 valence electrons. The molecule has 0 unspecified atom stereocenters. The van der Waals surface area contributed by atoms with E-state index in [4.69, 9.17) is 5.11 Å². The third kappa shape index (κ3) is 3.32. The summed E-state index contributed by atoms with van der Waals surface area (Å²) in [7, 11) is 0. The van der Waals surface area contributed by atoms with Gasteiger partial charge in [0, 0.05) is 10.0 Å². The van der Waals surface area contributed by atoms with Crippen molar-refractivity contribution in [3.63, 3.8) is 0 Å². The molecule has 4 heteroatoms. The number of aliphatic hydroxyl groups excluding tert-OH is 1. The molecule has 0 saturated heterocycles. The van der Waals surface area contributed by atoms with E-state index in [-0.39, 0.29) is 11.5 Å². The Morgan fingerprint density at radius 1 is 1.47 bits per heavy atom. The zero-order valence-electron chi connectivity index (χ0n) is 7.71. The van der Waals surface area contributed by atoms with Crippen LogP contribution in [0.3, 0.4) is 0 Å². The summed E-state index contributed by atoms with van der Waals surface area (Å²) in [4.78, 5) is 11.5. The summed E-state index contributed by atoms with van der Waals surface area (Å²) in [5.74, 6) is -0.965. The lowest BCUT2D eigenvalue weighted by molar-refractivity contribution is 0.104. The molecule has 1 aromatic rings. The van der Waals surface area contributed by atoms with Gasteiger partial charge in [-0.15, -0.1) is 0 Å². The molecule has 0 amide bonds. The lowest BCUT2D eigenvalue weighted by Gasteiger charge is -1.99. The van der Waals surface area contributed by atoms with Gasteiger partial charge in [-0.25, -0.2) is 4.39 Å². The number of carbonyl (C=O) groups excluding carboxylic acids is 1. The number of benzene rings is 1. The first-order valence-corrected chi connectivity index (χ1v) is 4.85. The molecule has 2 nitrogen and oxygen atoms in total. The zero-order chi connectivity index (χ0) is 11.4. The molecule has 1 aromatic carbocycles. The molecule has 0 aromatic heterocycles. The van der Waals surface area contributed by atoms with Gasteiger partial charge >= 0.3 is 0 Å². The molecule has 0 radical (unpaired) electrons. The Bertz CT molecular complexity index is 438. The normalized spacial score (nSPS) is 10.5. The molecule has 1 rings (SSSR count). The molecule has 0 atom stereocenters. The van der Waals surface area contributed by atoms with Crippen LogP contribution in [0.15, 0.2) is 47.2 Å². The van der Waals surface area contributed by atoms with Crippen LogP contribution >= 0.6 is 15.9 Å². The van der Waals surface area contributed by atoms with Crippen LogP contribution in [0.25, 0.3) is 0 Å². The molecule has 0 aliphatic rings. The minimum Gasteiger partial charge on any atom is -0.509 e. The quantitative estimate of drug-likeness (QED) is 0.396. The maximum absolute atomic E-state index is 12.7. The van der Waals surface area contributed by atoms with E-state index in [1.165, 1.54) is 30.4 Å². The Kier molecular flexibility index (Phi) is 3.80. The Balaban J connectivity index is 2.97. The number of hydrogen-bond acceptors (Lipinski definition) is 2. The van der Waals surface area contributed by atoms with Crippen molar-refractivity contribution >= 4 is 21.7 Å². The number of rotatable bonds is 3. The number of aliphatic hydroxyl groups is 1. The highest BCUT2D eigenvalue weighted by Gasteiger charge is 2.07. The molecule has 0 spiro atoms. The van der Waals surface area contributed by atoms with Gasteiger partial charge in [0.1, 0.15) is 11.6 Å². The SMILES string of the molecule is C=C(O)/C=C/C(=O)c1ccc(F)cc1Br. The van der Waals surface area contributed by atoms with Gasteiger partial charge in [-0.2, -0.15) is 0 Å². The number of halogens is 2. The van der Waals surface area contributed by atoms with Gasteiger partial charge in [-0.05, 0) is 46.3 Å². The first-order chi connectivity index (χ1) is 7.00. The molecule has 0 bridgehead atoms. The van der Waals surface area contributed by atoms with E-state index in [1.54, 1.807) is 0 Å². The number of carbonyl (C=O) groups is 1. The maximum atomic E-state index is 12.7. The van der Waals surface area contributed by atoms with Crippen molar-refractivity contribution in [1.82, 2.24) is 0 Å². The Morgan fingerprint density at radius 3 is 2.67 bits per heavy atom. The van der Waals surface area contributed by atoms with Crippen molar-refractivity contribution in [3.05, 3.63) is 58.5 Å². The Labute approximate surface area is 94.9 Å². The second-order valence-corrected chi connectivity index (χ2v) is 3.67. The predicted octanol–water partition coefficient (Wildman–Crippen LogP) is 3.40.